The van der Waals surface area contributed by atoms with E-state index in [4.69, 9.17) is 38.2 Å². The van der Waals surface area contributed by atoms with Crippen molar-refractivity contribution in [2.24, 2.45) is 0 Å². The van der Waals surface area contributed by atoms with Crippen LogP contribution in [0, 0.1) is 0 Å². The second-order valence-electron chi connectivity index (χ2n) is 3.80. The molecule has 0 aliphatic rings. The fourth-order valence-corrected chi connectivity index (χ4v) is 1.57. The van der Waals surface area contributed by atoms with E-state index in [0.717, 1.165) is 0 Å². The predicted octanol–water partition coefficient (Wildman–Crippen LogP) is 1.23. The summed E-state index contributed by atoms with van der Waals surface area (Å²) >= 11 is 11.6. The zero-order chi connectivity index (χ0) is 14.3. The molecule has 0 atom stereocenters. The van der Waals surface area contributed by atoms with Crippen LogP contribution in [0.4, 0.5) is 0 Å². The number of halogens is 2. The number of benzene rings is 1. The molecule has 0 fully saturated rings. The van der Waals surface area contributed by atoms with Gasteiger partial charge in [0.2, 0.25) is 5.91 Å². The Balaban J connectivity index is 2.33. The van der Waals surface area contributed by atoms with Gasteiger partial charge in [-0.2, -0.15) is 0 Å². The van der Waals surface area contributed by atoms with Crippen molar-refractivity contribution < 1.29 is 19.7 Å². The van der Waals surface area contributed by atoms with E-state index < -0.39 is 6.04 Å². The van der Waals surface area contributed by atoms with Crippen LogP contribution in [0.1, 0.15) is 6.42 Å². The van der Waals surface area contributed by atoms with E-state index in [0.29, 0.717) is 15.8 Å². The third kappa shape index (κ3) is 5.65. The van der Waals surface area contributed by atoms with Gasteiger partial charge in [0, 0.05) is 6.07 Å². The van der Waals surface area contributed by atoms with Crippen molar-refractivity contribution in [3.8, 4) is 5.75 Å². The lowest BCUT2D eigenvalue weighted by Crippen LogP contribution is -2.40. The Hall–Kier alpha value is -1.01. The summed E-state index contributed by atoms with van der Waals surface area (Å²) in [6.07, 6.45) is 0.108. The molecule has 1 aromatic rings. The maximum absolute atomic E-state index is 11.4. The van der Waals surface area contributed by atoms with Crippen LogP contribution in [0.15, 0.2) is 18.2 Å². The van der Waals surface area contributed by atoms with E-state index in [9.17, 15) is 4.79 Å². The Labute approximate surface area is 121 Å². The zero-order valence-corrected chi connectivity index (χ0v) is 11.6. The molecule has 0 aliphatic heterocycles. The van der Waals surface area contributed by atoms with Gasteiger partial charge in [0.05, 0.1) is 42.3 Å². The number of rotatable bonds is 7. The summed E-state index contributed by atoms with van der Waals surface area (Å²) in [5.74, 6) is 0.205. The van der Waals surface area contributed by atoms with Gasteiger partial charge in [-0.3, -0.25) is 4.79 Å². The van der Waals surface area contributed by atoms with Crippen LogP contribution in [0.3, 0.4) is 0 Å². The van der Waals surface area contributed by atoms with E-state index in [1.54, 1.807) is 18.2 Å². The summed E-state index contributed by atoms with van der Waals surface area (Å²) in [6.45, 7) is -0.459. The van der Waals surface area contributed by atoms with Crippen LogP contribution in [-0.2, 0) is 4.79 Å². The molecule has 0 radical (unpaired) electrons. The molecule has 0 bridgehead atoms. The molecular formula is C12H15Cl2NO4. The lowest BCUT2D eigenvalue weighted by atomic mass is 10.3. The van der Waals surface area contributed by atoms with Crippen molar-refractivity contribution in [3.63, 3.8) is 0 Å². The number of hydrogen-bond donors (Lipinski definition) is 3. The van der Waals surface area contributed by atoms with Crippen LogP contribution in [0.25, 0.3) is 0 Å². The van der Waals surface area contributed by atoms with E-state index in [2.05, 4.69) is 5.32 Å². The zero-order valence-electron chi connectivity index (χ0n) is 10.1. The molecule has 0 aromatic heterocycles. The van der Waals surface area contributed by atoms with Crippen LogP contribution >= 0.6 is 23.2 Å². The summed E-state index contributed by atoms with van der Waals surface area (Å²) in [5, 5.41) is 20.9. The number of carbonyl (C=O) groups excluding carboxylic acids is 1. The molecule has 0 heterocycles. The third-order valence-electron chi connectivity index (χ3n) is 2.29. The average Bonchev–Trinajstić information content (AvgIpc) is 2.40. The quantitative estimate of drug-likeness (QED) is 0.708. The van der Waals surface area contributed by atoms with Gasteiger partial charge in [-0.15, -0.1) is 0 Å². The lowest BCUT2D eigenvalue weighted by Gasteiger charge is -2.13. The normalized spacial score (nSPS) is 10.6. The second-order valence-corrected chi connectivity index (χ2v) is 4.62. The third-order valence-corrected chi connectivity index (χ3v) is 3.03. The molecule has 0 spiro atoms. The number of aliphatic hydroxyl groups is 2. The maximum Gasteiger partial charge on any atom is 0.223 e. The van der Waals surface area contributed by atoms with Crippen molar-refractivity contribution >= 4 is 29.1 Å². The molecule has 5 nitrogen and oxygen atoms in total. The van der Waals surface area contributed by atoms with Crippen LogP contribution in [0.2, 0.25) is 10.0 Å². The number of hydrogen-bond acceptors (Lipinski definition) is 4. The highest BCUT2D eigenvalue weighted by Crippen LogP contribution is 2.26. The number of aliphatic hydroxyl groups excluding tert-OH is 2. The van der Waals surface area contributed by atoms with Crippen molar-refractivity contribution in [1.82, 2.24) is 5.32 Å². The highest BCUT2D eigenvalue weighted by Gasteiger charge is 2.10. The number of carbonyl (C=O) groups is 1. The highest BCUT2D eigenvalue weighted by atomic mass is 35.5. The number of nitrogens with one attached hydrogen (secondary N) is 1. The summed E-state index contributed by atoms with van der Waals surface area (Å²) < 4.78 is 5.33. The van der Waals surface area contributed by atoms with E-state index in [-0.39, 0.29) is 32.1 Å². The van der Waals surface area contributed by atoms with E-state index >= 15 is 0 Å². The Bertz CT molecular complexity index is 424. The average molecular weight is 308 g/mol. The topological polar surface area (TPSA) is 78.8 Å². The molecule has 0 saturated carbocycles. The minimum atomic E-state index is -0.641. The minimum Gasteiger partial charge on any atom is -0.493 e. The first-order chi connectivity index (χ1) is 9.06. The molecule has 0 saturated heterocycles. The first-order valence-electron chi connectivity index (χ1n) is 5.65. The van der Waals surface area contributed by atoms with E-state index in [1.807, 2.05) is 0 Å². The fraction of sp³-hybridized carbons (Fsp3) is 0.417. The van der Waals surface area contributed by atoms with E-state index in [1.165, 1.54) is 0 Å². The molecule has 0 unspecified atom stereocenters. The molecule has 1 rings (SSSR count). The summed E-state index contributed by atoms with van der Waals surface area (Å²) in [4.78, 5) is 11.4. The highest BCUT2D eigenvalue weighted by molar-refractivity contribution is 6.42. The van der Waals surface area contributed by atoms with Gasteiger partial charge < -0.3 is 20.3 Å². The SMILES string of the molecule is O=C(CCOc1ccc(Cl)c(Cl)c1)NC(CO)CO. The van der Waals surface area contributed by atoms with Crippen molar-refractivity contribution in [2.75, 3.05) is 19.8 Å². The Morgan fingerprint density at radius 1 is 1.26 bits per heavy atom. The number of amides is 1. The van der Waals surface area contributed by atoms with Crippen LogP contribution in [-0.4, -0.2) is 42.0 Å². The van der Waals surface area contributed by atoms with Gasteiger partial charge in [-0.25, -0.2) is 0 Å². The largest absolute Gasteiger partial charge is 0.493 e. The summed E-state index contributed by atoms with van der Waals surface area (Å²) in [7, 11) is 0. The van der Waals surface area contributed by atoms with Crippen LogP contribution in [0.5, 0.6) is 5.75 Å². The van der Waals surface area contributed by atoms with Crippen LogP contribution < -0.4 is 10.1 Å². The second kappa shape index (κ2) is 8.22. The predicted molar refractivity (Wildman–Crippen MR) is 72.7 cm³/mol. The van der Waals surface area contributed by atoms with Gasteiger partial charge in [-0.05, 0) is 12.1 Å². The Morgan fingerprint density at radius 3 is 2.53 bits per heavy atom. The first-order valence-corrected chi connectivity index (χ1v) is 6.41. The molecule has 1 aromatic carbocycles. The van der Waals surface area contributed by atoms with Gasteiger partial charge in [0.1, 0.15) is 5.75 Å². The molecule has 3 N–H and O–H groups in total. The van der Waals surface area contributed by atoms with Crippen molar-refractivity contribution in [1.29, 1.82) is 0 Å². The van der Waals surface area contributed by atoms with Crippen molar-refractivity contribution in [2.45, 2.75) is 12.5 Å². The summed E-state index contributed by atoms with van der Waals surface area (Å²) in [6, 6.07) is 4.17. The summed E-state index contributed by atoms with van der Waals surface area (Å²) in [5.41, 5.74) is 0. The lowest BCUT2D eigenvalue weighted by molar-refractivity contribution is -0.122. The fourth-order valence-electron chi connectivity index (χ4n) is 1.28. The monoisotopic (exact) mass is 307 g/mol. The smallest absolute Gasteiger partial charge is 0.223 e. The number of ether oxygens (including phenoxy) is 1. The standard InChI is InChI=1S/C12H15Cl2NO4/c13-10-2-1-9(5-11(10)14)19-4-3-12(18)15-8(6-16)7-17/h1-2,5,8,16-17H,3-4,6-7H2,(H,15,18). The van der Waals surface area contributed by atoms with Gasteiger partial charge in [0.15, 0.2) is 0 Å². The minimum absolute atomic E-state index is 0.108. The van der Waals surface area contributed by atoms with Gasteiger partial charge >= 0.3 is 0 Å². The molecule has 0 aliphatic carbocycles. The Morgan fingerprint density at radius 2 is 1.95 bits per heavy atom. The molecular weight excluding hydrogens is 293 g/mol. The van der Waals surface area contributed by atoms with Gasteiger partial charge in [-0.1, -0.05) is 23.2 Å². The first kappa shape index (κ1) is 16.0. The maximum atomic E-state index is 11.4. The Kier molecular flexibility index (Phi) is 6.94. The van der Waals surface area contributed by atoms with Crippen molar-refractivity contribution in [3.05, 3.63) is 28.2 Å². The molecule has 1 amide bonds. The van der Waals surface area contributed by atoms with Gasteiger partial charge in [0.25, 0.3) is 0 Å². The molecule has 19 heavy (non-hydrogen) atoms. The molecule has 106 valence electrons. The molecule has 7 heteroatoms.